The molecule has 2 rings (SSSR count). The molecule has 0 bridgehead atoms. The third-order valence-corrected chi connectivity index (χ3v) is 2.80. The van der Waals surface area contributed by atoms with Crippen molar-refractivity contribution in [3.05, 3.63) is 53.2 Å². The molecule has 0 aliphatic rings. The van der Waals surface area contributed by atoms with Crippen molar-refractivity contribution in [2.75, 3.05) is 0 Å². The van der Waals surface area contributed by atoms with Gasteiger partial charge in [0.2, 0.25) is 0 Å². The molecule has 0 atom stereocenters. The maximum absolute atomic E-state index is 4.44. The molecule has 0 unspecified atom stereocenters. The molecule has 0 amide bonds. The first-order chi connectivity index (χ1) is 7.18. The van der Waals surface area contributed by atoms with Crippen LogP contribution in [0.2, 0.25) is 0 Å². The average molecular weight is 197 g/mol. The topological polar surface area (TPSA) is 12.9 Å². The van der Waals surface area contributed by atoms with Crippen LogP contribution in [0.3, 0.4) is 0 Å². The lowest BCUT2D eigenvalue weighted by molar-refractivity contribution is 1.22. The van der Waals surface area contributed by atoms with Gasteiger partial charge in [-0.2, -0.15) is 0 Å². The molecule has 0 saturated heterocycles. The van der Waals surface area contributed by atoms with Gasteiger partial charge in [0.25, 0.3) is 0 Å². The van der Waals surface area contributed by atoms with E-state index in [-0.39, 0.29) is 0 Å². The number of aromatic nitrogens is 1. The standard InChI is InChI=1S/C14H15N/c1-10-4-6-13(7-5-10)14-12(3)11(2)8-9-15-14/h4-9H,1-3H3. The van der Waals surface area contributed by atoms with Crippen molar-refractivity contribution >= 4 is 0 Å². The minimum atomic E-state index is 1.09. The van der Waals surface area contributed by atoms with Crippen molar-refractivity contribution in [2.45, 2.75) is 20.8 Å². The SMILES string of the molecule is Cc1ccc(-c2nccc(C)c2C)cc1. The Morgan fingerprint density at radius 2 is 1.53 bits per heavy atom. The number of hydrogen-bond donors (Lipinski definition) is 0. The minimum Gasteiger partial charge on any atom is -0.256 e. The summed E-state index contributed by atoms with van der Waals surface area (Å²) < 4.78 is 0. The number of nitrogens with zero attached hydrogens (tertiary/aromatic N) is 1. The number of rotatable bonds is 1. The maximum Gasteiger partial charge on any atom is 0.0733 e. The fourth-order valence-corrected chi connectivity index (χ4v) is 1.63. The van der Waals surface area contributed by atoms with Crippen LogP contribution in [0.4, 0.5) is 0 Å². The summed E-state index contributed by atoms with van der Waals surface area (Å²) in [6.07, 6.45) is 1.87. The molecule has 0 spiro atoms. The van der Waals surface area contributed by atoms with E-state index in [1.54, 1.807) is 0 Å². The van der Waals surface area contributed by atoms with Gasteiger partial charge in [-0.25, -0.2) is 0 Å². The Morgan fingerprint density at radius 3 is 2.20 bits per heavy atom. The molecule has 1 aromatic heterocycles. The highest BCUT2D eigenvalue weighted by molar-refractivity contribution is 5.64. The molecule has 1 nitrogen and oxygen atoms in total. The van der Waals surface area contributed by atoms with Gasteiger partial charge in [-0.15, -0.1) is 0 Å². The second-order valence-electron chi connectivity index (χ2n) is 3.97. The van der Waals surface area contributed by atoms with Gasteiger partial charge in [0.1, 0.15) is 0 Å². The Kier molecular flexibility index (Phi) is 2.55. The van der Waals surface area contributed by atoms with E-state index in [4.69, 9.17) is 0 Å². The van der Waals surface area contributed by atoms with Gasteiger partial charge in [-0.3, -0.25) is 4.98 Å². The molecule has 0 aliphatic heterocycles. The first-order valence-corrected chi connectivity index (χ1v) is 5.18. The van der Waals surface area contributed by atoms with E-state index in [2.05, 4.69) is 50.0 Å². The van der Waals surface area contributed by atoms with E-state index < -0.39 is 0 Å². The number of pyridine rings is 1. The van der Waals surface area contributed by atoms with Crippen molar-refractivity contribution < 1.29 is 0 Å². The first-order valence-electron chi connectivity index (χ1n) is 5.18. The molecular formula is C14H15N. The molecular weight excluding hydrogens is 182 g/mol. The minimum absolute atomic E-state index is 1.09. The third kappa shape index (κ3) is 1.91. The Hall–Kier alpha value is -1.63. The van der Waals surface area contributed by atoms with E-state index >= 15 is 0 Å². The van der Waals surface area contributed by atoms with Crippen LogP contribution in [0.1, 0.15) is 16.7 Å². The van der Waals surface area contributed by atoms with Crippen molar-refractivity contribution in [2.24, 2.45) is 0 Å². The molecule has 0 fully saturated rings. The quantitative estimate of drug-likeness (QED) is 0.679. The highest BCUT2D eigenvalue weighted by Crippen LogP contribution is 2.22. The molecule has 1 heteroatoms. The van der Waals surface area contributed by atoms with Crippen LogP contribution >= 0.6 is 0 Å². The number of hydrogen-bond acceptors (Lipinski definition) is 1. The van der Waals surface area contributed by atoms with Gasteiger partial charge in [-0.1, -0.05) is 29.8 Å². The van der Waals surface area contributed by atoms with Crippen LogP contribution in [0.15, 0.2) is 36.5 Å². The van der Waals surface area contributed by atoms with Gasteiger partial charge >= 0.3 is 0 Å². The fourth-order valence-electron chi connectivity index (χ4n) is 1.63. The van der Waals surface area contributed by atoms with Crippen LogP contribution in [0.25, 0.3) is 11.3 Å². The molecule has 15 heavy (non-hydrogen) atoms. The van der Waals surface area contributed by atoms with Crippen LogP contribution in [-0.4, -0.2) is 4.98 Å². The molecule has 0 radical (unpaired) electrons. The van der Waals surface area contributed by atoms with Crippen LogP contribution < -0.4 is 0 Å². The largest absolute Gasteiger partial charge is 0.256 e. The zero-order valence-electron chi connectivity index (χ0n) is 9.41. The van der Waals surface area contributed by atoms with Crippen LogP contribution in [0, 0.1) is 20.8 Å². The molecule has 1 heterocycles. The Balaban J connectivity index is 2.54. The highest BCUT2D eigenvalue weighted by atomic mass is 14.7. The Bertz CT molecular complexity index is 469. The monoisotopic (exact) mass is 197 g/mol. The normalized spacial score (nSPS) is 10.3. The van der Waals surface area contributed by atoms with Gasteiger partial charge in [0.05, 0.1) is 5.69 Å². The van der Waals surface area contributed by atoms with Crippen molar-refractivity contribution in [3.63, 3.8) is 0 Å². The zero-order chi connectivity index (χ0) is 10.8. The Morgan fingerprint density at radius 1 is 0.867 bits per heavy atom. The lowest BCUT2D eigenvalue weighted by atomic mass is 10.0. The van der Waals surface area contributed by atoms with Gasteiger partial charge < -0.3 is 0 Å². The highest BCUT2D eigenvalue weighted by Gasteiger charge is 2.04. The van der Waals surface area contributed by atoms with E-state index in [1.807, 2.05) is 12.3 Å². The Labute approximate surface area is 90.8 Å². The first kappa shape index (κ1) is 9.91. The van der Waals surface area contributed by atoms with Gasteiger partial charge in [0.15, 0.2) is 0 Å². The lowest BCUT2D eigenvalue weighted by Gasteiger charge is -2.07. The predicted octanol–water partition coefficient (Wildman–Crippen LogP) is 3.67. The number of benzene rings is 1. The summed E-state index contributed by atoms with van der Waals surface area (Å²) in [5.74, 6) is 0. The molecule has 2 aromatic rings. The van der Waals surface area contributed by atoms with Gasteiger partial charge in [0, 0.05) is 11.8 Å². The second kappa shape index (κ2) is 3.85. The predicted molar refractivity (Wildman–Crippen MR) is 63.9 cm³/mol. The van der Waals surface area contributed by atoms with Crippen LogP contribution in [-0.2, 0) is 0 Å². The van der Waals surface area contributed by atoms with E-state index in [0.29, 0.717) is 0 Å². The average Bonchev–Trinajstić information content (AvgIpc) is 2.24. The van der Waals surface area contributed by atoms with Crippen molar-refractivity contribution in [3.8, 4) is 11.3 Å². The molecule has 76 valence electrons. The zero-order valence-corrected chi connectivity index (χ0v) is 9.41. The molecule has 0 aliphatic carbocycles. The fraction of sp³-hybridized carbons (Fsp3) is 0.214. The lowest BCUT2D eigenvalue weighted by Crippen LogP contribution is -1.90. The smallest absolute Gasteiger partial charge is 0.0733 e. The second-order valence-corrected chi connectivity index (χ2v) is 3.97. The molecule has 0 N–H and O–H groups in total. The summed E-state index contributed by atoms with van der Waals surface area (Å²) in [6.45, 7) is 6.34. The maximum atomic E-state index is 4.44. The van der Waals surface area contributed by atoms with E-state index in [9.17, 15) is 0 Å². The molecule has 1 aromatic carbocycles. The van der Waals surface area contributed by atoms with E-state index in [1.165, 1.54) is 22.3 Å². The summed E-state index contributed by atoms with van der Waals surface area (Å²) in [6, 6.07) is 10.6. The van der Waals surface area contributed by atoms with E-state index in [0.717, 1.165) is 5.69 Å². The van der Waals surface area contributed by atoms with Crippen molar-refractivity contribution in [1.82, 2.24) is 4.98 Å². The molecule has 0 saturated carbocycles. The summed E-state index contributed by atoms with van der Waals surface area (Å²) in [7, 11) is 0. The number of aryl methyl sites for hydroxylation is 2. The summed E-state index contributed by atoms with van der Waals surface area (Å²) in [4.78, 5) is 4.44. The summed E-state index contributed by atoms with van der Waals surface area (Å²) >= 11 is 0. The van der Waals surface area contributed by atoms with Crippen molar-refractivity contribution in [1.29, 1.82) is 0 Å². The van der Waals surface area contributed by atoms with Crippen LogP contribution in [0.5, 0.6) is 0 Å². The summed E-state index contributed by atoms with van der Waals surface area (Å²) in [5, 5.41) is 0. The third-order valence-electron chi connectivity index (χ3n) is 2.80. The van der Waals surface area contributed by atoms with Gasteiger partial charge in [-0.05, 0) is 38.0 Å². The summed E-state index contributed by atoms with van der Waals surface area (Å²) in [5.41, 5.74) is 6.13.